The Hall–Kier alpha value is 0.549. The van der Waals surface area contributed by atoms with E-state index in [4.69, 9.17) is 0 Å². The number of unbranched alkanes of at least 4 members (excludes halogenated alkanes) is 13. The number of rotatable bonds is 14. The number of halogens is 3. The van der Waals surface area contributed by atoms with Gasteiger partial charge in [0.25, 0.3) is 0 Å². The van der Waals surface area contributed by atoms with Crippen LogP contribution in [-0.4, -0.2) is 28.0 Å². The monoisotopic (exact) mass is 419 g/mol. The second kappa shape index (κ2) is 22.8. The molecule has 0 aliphatic heterocycles. The van der Waals surface area contributed by atoms with E-state index in [0.717, 1.165) is 6.54 Å². The maximum atomic E-state index is 9.86. The summed E-state index contributed by atoms with van der Waals surface area (Å²) in [5.41, 5.74) is 3.88. The van der Waals surface area contributed by atoms with E-state index in [0.29, 0.717) is 0 Å². The Morgan fingerprint density at radius 2 is 0.810 bits per heavy atom. The maximum absolute atomic E-state index is 9.86. The fraction of sp³-hybridized carbons (Fsp3) is 1.00. The molecule has 21 heavy (non-hydrogen) atoms. The van der Waals surface area contributed by atoms with Crippen LogP contribution in [0.1, 0.15) is 96.8 Å². The van der Waals surface area contributed by atoms with Crippen LogP contribution < -0.4 is 5.73 Å². The molecule has 130 valence electrons. The SMILES string of the molecule is CCCCCCCCCCCCCCCC[NH3+].[F][Sn-]([F])[F]. The fourth-order valence-corrected chi connectivity index (χ4v) is 2.37. The Balaban J connectivity index is 0. The van der Waals surface area contributed by atoms with Crippen molar-refractivity contribution in [3.05, 3.63) is 0 Å². The number of hydrogen-bond acceptors (Lipinski definition) is 0. The minimum absolute atomic E-state index is 1.12. The quantitative estimate of drug-likeness (QED) is 0.282. The van der Waals surface area contributed by atoms with Crippen LogP contribution in [0.4, 0.5) is 8.60 Å². The van der Waals surface area contributed by atoms with Crippen molar-refractivity contribution in [3.63, 3.8) is 0 Å². The predicted octanol–water partition coefficient (Wildman–Crippen LogP) is 5.59. The Labute approximate surface area is 139 Å². The second-order valence-electron chi connectivity index (χ2n) is 5.66. The molecule has 0 aromatic heterocycles. The molecule has 0 saturated carbocycles. The predicted molar refractivity (Wildman–Crippen MR) is 87.1 cm³/mol. The molecule has 0 aromatic rings. The molecule has 0 aliphatic carbocycles. The molecule has 0 aromatic carbocycles. The van der Waals surface area contributed by atoms with E-state index in [1.807, 2.05) is 0 Å². The molecule has 0 unspecified atom stereocenters. The summed E-state index contributed by atoms with van der Waals surface area (Å²) >= 11 is -5.04. The molecular formula is C16H36F3NSn. The van der Waals surface area contributed by atoms with Crippen LogP contribution in [-0.2, 0) is 0 Å². The zero-order valence-corrected chi connectivity index (χ0v) is 16.8. The van der Waals surface area contributed by atoms with Crippen LogP contribution in [0.5, 0.6) is 0 Å². The Morgan fingerprint density at radius 3 is 1.05 bits per heavy atom. The summed E-state index contributed by atoms with van der Waals surface area (Å²) in [4.78, 5) is 0. The van der Waals surface area contributed by atoms with Gasteiger partial charge in [0, 0.05) is 0 Å². The van der Waals surface area contributed by atoms with Crippen molar-refractivity contribution in [1.82, 2.24) is 0 Å². The Kier molecular flexibility index (Phi) is 25.9. The first-order valence-electron chi connectivity index (χ1n) is 8.77. The van der Waals surface area contributed by atoms with E-state index in [-0.39, 0.29) is 0 Å². The summed E-state index contributed by atoms with van der Waals surface area (Å²) in [6.45, 7) is 3.41. The van der Waals surface area contributed by atoms with Crippen molar-refractivity contribution >= 4 is 21.5 Å². The van der Waals surface area contributed by atoms with Crippen LogP contribution in [0.2, 0.25) is 0 Å². The van der Waals surface area contributed by atoms with Crippen molar-refractivity contribution in [3.8, 4) is 0 Å². The van der Waals surface area contributed by atoms with Gasteiger partial charge in [-0.25, -0.2) is 0 Å². The van der Waals surface area contributed by atoms with Crippen molar-refractivity contribution in [2.24, 2.45) is 0 Å². The van der Waals surface area contributed by atoms with Gasteiger partial charge >= 0.3 is 30.1 Å². The molecule has 0 heterocycles. The zero-order chi connectivity index (χ0) is 16.2. The van der Waals surface area contributed by atoms with Gasteiger partial charge in [-0.3, -0.25) is 0 Å². The first-order chi connectivity index (χ1) is 10.1. The van der Waals surface area contributed by atoms with E-state index in [1.165, 1.54) is 89.9 Å². The molecule has 0 aliphatic rings. The third-order valence-electron chi connectivity index (χ3n) is 3.60. The van der Waals surface area contributed by atoms with Crippen LogP contribution in [0.25, 0.3) is 0 Å². The summed E-state index contributed by atoms with van der Waals surface area (Å²) in [5.74, 6) is 0. The molecule has 0 radical (unpaired) electrons. The fourth-order valence-electron chi connectivity index (χ4n) is 2.37. The first kappa shape index (κ1) is 23.8. The van der Waals surface area contributed by atoms with E-state index < -0.39 is 21.5 Å². The van der Waals surface area contributed by atoms with Gasteiger partial charge in [-0.15, -0.1) is 0 Å². The number of hydrogen-bond donors (Lipinski definition) is 1. The van der Waals surface area contributed by atoms with Gasteiger partial charge < -0.3 is 5.73 Å². The van der Waals surface area contributed by atoms with Gasteiger partial charge in [-0.1, -0.05) is 84.0 Å². The molecule has 3 N–H and O–H groups in total. The van der Waals surface area contributed by atoms with Gasteiger partial charge in [0.1, 0.15) is 0 Å². The summed E-state index contributed by atoms with van der Waals surface area (Å²) in [5, 5.41) is 0. The van der Waals surface area contributed by atoms with E-state index in [2.05, 4.69) is 12.7 Å². The van der Waals surface area contributed by atoms with Gasteiger partial charge in [-0.2, -0.15) is 0 Å². The molecule has 0 saturated heterocycles. The average Bonchev–Trinajstić information content (AvgIpc) is 2.43. The van der Waals surface area contributed by atoms with Crippen molar-refractivity contribution in [1.29, 1.82) is 0 Å². The van der Waals surface area contributed by atoms with Crippen molar-refractivity contribution in [2.45, 2.75) is 96.8 Å². The molecule has 1 nitrogen and oxygen atoms in total. The average molecular weight is 418 g/mol. The molecule has 0 bridgehead atoms. The molecule has 0 spiro atoms. The summed E-state index contributed by atoms with van der Waals surface area (Å²) < 4.78 is 29.6. The first-order valence-corrected chi connectivity index (χ1v) is 12.0. The van der Waals surface area contributed by atoms with Gasteiger partial charge in [0.15, 0.2) is 0 Å². The standard InChI is InChI=1S/C16H35N.3FH.Sn/c1-2-3-4-5-6-7-8-9-10-11-12-13-14-15-16-17;;;;/h2-17H2,1H3;3*1H;/q;;;;+2/p-2. The van der Waals surface area contributed by atoms with Crippen molar-refractivity contribution < 1.29 is 14.3 Å². The van der Waals surface area contributed by atoms with Crippen LogP contribution >= 0.6 is 0 Å². The molecular weight excluding hydrogens is 382 g/mol. The van der Waals surface area contributed by atoms with Crippen LogP contribution in [0, 0.1) is 0 Å². The Morgan fingerprint density at radius 1 is 0.571 bits per heavy atom. The molecule has 0 rings (SSSR count). The van der Waals surface area contributed by atoms with Gasteiger partial charge in [0.2, 0.25) is 0 Å². The van der Waals surface area contributed by atoms with Crippen LogP contribution in [0.3, 0.4) is 0 Å². The molecule has 5 heteroatoms. The molecule has 0 atom stereocenters. The van der Waals surface area contributed by atoms with E-state index in [9.17, 15) is 8.60 Å². The summed E-state index contributed by atoms with van der Waals surface area (Å²) in [6.07, 6.45) is 20.2. The normalized spacial score (nSPS) is 10.6. The number of quaternary nitrogens is 1. The van der Waals surface area contributed by atoms with Crippen LogP contribution in [0.15, 0.2) is 0 Å². The topological polar surface area (TPSA) is 27.6 Å². The van der Waals surface area contributed by atoms with Gasteiger partial charge in [0.05, 0.1) is 6.54 Å². The second-order valence-corrected chi connectivity index (χ2v) is 6.89. The molecule has 0 fully saturated rings. The Bertz CT molecular complexity index is 155. The third-order valence-corrected chi connectivity index (χ3v) is 3.60. The van der Waals surface area contributed by atoms with E-state index in [1.54, 1.807) is 0 Å². The molecule has 0 amide bonds. The minimum atomic E-state index is -5.04. The van der Waals surface area contributed by atoms with E-state index >= 15 is 0 Å². The third kappa shape index (κ3) is 33.4. The summed E-state index contributed by atoms with van der Waals surface area (Å²) in [7, 11) is 0. The summed E-state index contributed by atoms with van der Waals surface area (Å²) in [6, 6.07) is 0. The zero-order valence-electron chi connectivity index (χ0n) is 13.9. The van der Waals surface area contributed by atoms with Crippen molar-refractivity contribution in [2.75, 3.05) is 6.54 Å². The van der Waals surface area contributed by atoms with Gasteiger partial charge in [-0.05, 0) is 12.8 Å².